The molecule has 31 heavy (non-hydrogen) atoms. The lowest BCUT2D eigenvalue weighted by atomic mass is 10.0. The highest BCUT2D eigenvalue weighted by molar-refractivity contribution is 5.69. The molecular weight excluding hydrogens is 388 g/mol. The first-order valence-electron chi connectivity index (χ1n) is 13.2. The molecular formula is C27H50O4. The summed E-state index contributed by atoms with van der Waals surface area (Å²) >= 11 is 0. The summed E-state index contributed by atoms with van der Waals surface area (Å²) in [5, 5.41) is 8.67. The van der Waals surface area contributed by atoms with Crippen molar-refractivity contribution < 1.29 is 19.4 Å². The first-order chi connectivity index (χ1) is 15.1. The molecule has 0 heterocycles. The molecule has 0 aliphatic heterocycles. The fourth-order valence-electron chi connectivity index (χ4n) is 3.74. The third-order valence-electron chi connectivity index (χ3n) is 5.72. The van der Waals surface area contributed by atoms with E-state index in [4.69, 9.17) is 9.84 Å². The second-order valence-corrected chi connectivity index (χ2v) is 8.88. The van der Waals surface area contributed by atoms with Crippen LogP contribution in [0.15, 0.2) is 12.2 Å². The molecule has 0 aliphatic rings. The molecule has 0 saturated heterocycles. The number of carbonyl (C=O) groups is 2. The number of unbranched alkanes of at least 4 members (excludes halogenated alkanes) is 14. The molecule has 0 aliphatic carbocycles. The van der Waals surface area contributed by atoms with Gasteiger partial charge in [-0.15, -0.1) is 0 Å². The Balaban J connectivity index is 4.09. The number of esters is 1. The molecule has 0 amide bonds. The lowest BCUT2D eigenvalue weighted by molar-refractivity contribution is -0.147. The Morgan fingerprint density at radius 2 is 1.23 bits per heavy atom. The van der Waals surface area contributed by atoms with Gasteiger partial charge in [0, 0.05) is 12.8 Å². The van der Waals surface area contributed by atoms with Gasteiger partial charge in [-0.1, -0.05) is 97.0 Å². The molecule has 1 unspecified atom stereocenters. The SMILES string of the molecule is CCCCCCCCC/C=C\C(CCCCCCCCC(=O)O)OC(=O)CCCCC. The summed E-state index contributed by atoms with van der Waals surface area (Å²) in [6, 6.07) is 0. The second kappa shape index (κ2) is 23.3. The number of hydrogen-bond donors (Lipinski definition) is 1. The summed E-state index contributed by atoms with van der Waals surface area (Å²) in [6.07, 6.45) is 25.4. The molecule has 0 aromatic rings. The second-order valence-electron chi connectivity index (χ2n) is 8.88. The molecule has 1 N–H and O–H groups in total. The van der Waals surface area contributed by atoms with Gasteiger partial charge in [0.25, 0.3) is 0 Å². The minimum Gasteiger partial charge on any atom is -0.481 e. The van der Waals surface area contributed by atoms with Crippen molar-refractivity contribution >= 4 is 11.9 Å². The van der Waals surface area contributed by atoms with E-state index in [1.165, 1.54) is 44.9 Å². The maximum absolute atomic E-state index is 12.1. The van der Waals surface area contributed by atoms with Gasteiger partial charge in [-0.2, -0.15) is 0 Å². The number of carbonyl (C=O) groups excluding carboxylic acids is 1. The minimum absolute atomic E-state index is 0.0623. The fourth-order valence-corrected chi connectivity index (χ4v) is 3.74. The Bertz CT molecular complexity index is 445. The third-order valence-corrected chi connectivity index (χ3v) is 5.72. The smallest absolute Gasteiger partial charge is 0.306 e. The summed E-state index contributed by atoms with van der Waals surface area (Å²) in [5.41, 5.74) is 0. The monoisotopic (exact) mass is 438 g/mol. The van der Waals surface area contributed by atoms with Crippen molar-refractivity contribution in [3.63, 3.8) is 0 Å². The van der Waals surface area contributed by atoms with E-state index in [-0.39, 0.29) is 18.5 Å². The highest BCUT2D eigenvalue weighted by Crippen LogP contribution is 2.15. The minimum atomic E-state index is -0.702. The van der Waals surface area contributed by atoms with E-state index in [9.17, 15) is 9.59 Å². The van der Waals surface area contributed by atoms with Gasteiger partial charge < -0.3 is 9.84 Å². The number of rotatable bonds is 23. The van der Waals surface area contributed by atoms with E-state index in [1.807, 2.05) is 0 Å². The summed E-state index contributed by atoms with van der Waals surface area (Å²) in [6.45, 7) is 4.39. The number of carboxylic acid groups (broad SMARTS) is 1. The van der Waals surface area contributed by atoms with Gasteiger partial charge in [0.2, 0.25) is 0 Å². The summed E-state index contributed by atoms with van der Waals surface area (Å²) in [4.78, 5) is 22.7. The Kier molecular flexibility index (Phi) is 22.4. The maximum atomic E-state index is 12.1. The van der Waals surface area contributed by atoms with Crippen LogP contribution in [-0.2, 0) is 14.3 Å². The Hall–Kier alpha value is -1.32. The van der Waals surface area contributed by atoms with E-state index < -0.39 is 5.97 Å². The normalized spacial score (nSPS) is 12.3. The molecule has 0 aromatic heterocycles. The van der Waals surface area contributed by atoms with Crippen molar-refractivity contribution in [1.82, 2.24) is 0 Å². The summed E-state index contributed by atoms with van der Waals surface area (Å²) in [7, 11) is 0. The average molecular weight is 439 g/mol. The van der Waals surface area contributed by atoms with Crippen molar-refractivity contribution in [2.24, 2.45) is 0 Å². The summed E-state index contributed by atoms with van der Waals surface area (Å²) < 4.78 is 5.75. The van der Waals surface area contributed by atoms with Crippen LogP contribution in [-0.4, -0.2) is 23.1 Å². The molecule has 0 bridgehead atoms. The number of allylic oxidation sites excluding steroid dienone is 1. The van der Waals surface area contributed by atoms with Crippen LogP contribution in [0, 0.1) is 0 Å². The molecule has 0 aromatic carbocycles. The van der Waals surface area contributed by atoms with E-state index in [1.54, 1.807) is 0 Å². The molecule has 0 rings (SSSR count). The van der Waals surface area contributed by atoms with Crippen LogP contribution in [0.1, 0.15) is 142 Å². The van der Waals surface area contributed by atoms with Gasteiger partial charge in [0.05, 0.1) is 0 Å². The Morgan fingerprint density at radius 1 is 0.710 bits per heavy atom. The fraction of sp³-hybridized carbons (Fsp3) is 0.852. The number of hydrogen-bond acceptors (Lipinski definition) is 3. The van der Waals surface area contributed by atoms with E-state index >= 15 is 0 Å². The van der Waals surface area contributed by atoms with Gasteiger partial charge in [0.1, 0.15) is 6.10 Å². The first kappa shape index (κ1) is 29.7. The van der Waals surface area contributed by atoms with Gasteiger partial charge in [-0.3, -0.25) is 9.59 Å². The van der Waals surface area contributed by atoms with Crippen molar-refractivity contribution in [2.75, 3.05) is 0 Å². The molecule has 182 valence electrons. The maximum Gasteiger partial charge on any atom is 0.306 e. The van der Waals surface area contributed by atoms with Crippen molar-refractivity contribution in [3.8, 4) is 0 Å². The molecule has 0 radical (unpaired) electrons. The largest absolute Gasteiger partial charge is 0.481 e. The van der Waals surface area contributed by atoms with Crippen LogP contribution in [0.5, 0.6) is 0 Å². The van der Waals surface area contributed by atoms with Crippen molar-refractivity contribution in [1.29, 1.82) is 0 Å². The molecule has 0 saturated carbocycles. The summed E-state index contributed by atoms with van der Waals surface area (Å²) in [5.74, 6) is -0.764. The van der Waals surface area contributed by atoms with E-state index in [0.29, 0.717) is 6.42 Å². The van der Waals surface area contributed by atoms with Crippen LogP contribution < -0.4 is 0 Å². The average Bonchev–Trinajstić information content (AvgIpc) is 2.74. The van der Waals surface area contributed by atoms with Crippen LogP contribution in [0.2, 0.25) is 0 Å². The van der Waals surface area contributed by atoms with Gasteiger partial charge in [-0.05, 0) is 44.6 Å². The zero-order valence-electron chi connectivity index (χ0n) is 20.5. The van der Waals surface area contributed by atoms with E-state index in [2.05, 4.69) is 26.0 Å². The van der Waals surface area contributed by atoms with Crippen molar-refractivity contribution in [2.45, 2.75) is 148 Å². The molecule has 1 atom stereocenters. The van der Waals surface area contributed by atoms with Gasteiger partial charge >= 0.3 is 11.9 Å². The lowest BCUT2D eigenvalue weighted by Gasteiger charge is -2.15. The molecule has 0 spiro atoms. The first-order valence-corrected chi connectivity index (χ1v) is 13.2. The standard InChI is InChI=1S/C27H50O4/c1-3-5-7-8-9-10-11-14-18-21-25(31-27(30)24-17-6-4-2)22-19-15-12-13-16-20-23-26(28)29/h18,21,25H,3-17,19-20,22-24H2,1-2H3,(H,28,29)/b21-18-. The topological polar surface area (TPSA) is 63.6 Å². The van der Waals surface area contributed by atoms with Crippen molar-refractivity contribution in [3.05, 3.63) is 12.2 Å². The van der Waals surface area contributed by atoms with Crippen LogP contribution >= 0.6 is 0 Å². The predicted molar refractivity (Wildman–Crippen MR) is 130 cm³/mol. The third kappa shape index (κ3) is 23.2. The zero-order chi connectivity index (χ0) is 23.0. The van der Waals surface area contributed by atoms with E-state index in [0.717, 1.165) is 70.6 Å². The quantitative estimate of drug-likeness (QED) is 0.0988. The molecule has 4 heteroatoms. The molecule has 0 fully saturated rings. The van der Waals surface area contributed by atoms with Crippen LogP contribution in [0.3, 0.4) is 0 Å². The zero-order valence-corrected chi connectivity index (χ0v) is 20.5. The lowest BCUT2D eigenvalue weighted by Crippen LogP contribution is -2.16. The highest BCUT2D eigenvalue weighted by Gasteiger charge is 2.11. The molecule has 4 nitrogen and oxygen atoms in total. The number of aliphatic carboxylic acids is 1. The number of ether oxygens (including phenoxy) is 1. The van der Waals surface area contributed by atoms with Crippen LogP contribution in [0.25, 0.3) is 0 Å². The highest BCUT2D eigenvalue weighted by atomic mass is 16.5. The number of carboxylic acids is 1. The predicted octanol–water partition coefficient (Wildman–Crippen LogP) is 8.38. The van der Waals surface area contributed by atoms with Gasteiger partial charge in [0.15, 0.2) is 0 Å². The Labute approximate surface area is 192 Å². The Morgan fingerprint density at radius 3 is 1.87 bits per heavy atom. The van der Waals surface area contributed by atoms with Crippen LogP contribution in [0.4, 0.5) is 0 Å². The van der Waals surface area contributed by atoms with Gasteiger partial charge in [-0.25, -0.2) is 0 Å².